The smallest absolute Gasteiger partial charge is 0.266 e. The van der Waals surface area contributed by atoms with E-state index in [0.29, 0.717) is 0 Å². The highest BCUT2D eigenvalue weighted by molar-refractivity contribution is 7.92. The number of aliphatic imine (C=N–C) groups is 1. The van der Waals surface area contributed by atoms with Crippen LogP contribution in [0.2, 0.25) is 0 Å². The van der Waals surface area contributed by atoms with E-state index >= 15 is 0 Å². The third-order valence-electron chi connectivity index (χ3n) is 2.69. The molecule has 0 atom stereocenters. The van der Waals surface area contributed by atoms with E-state index in [1.54, 1.807) is 4.72 Å². The number of carbonyl (C=O) groups excluding carboxylic acids is 1. The Labute approximate surface area is 152 Å². The monoisotopic (exact) mass is 414 g/mol. The van der Waals surface area contributed by atoms with Crippen molar-refractivity contribution in [2.24, 2.45) is 4.99 Å². The van der Waals surface area contributed by atoms with Gasteiger partial charge in [0, 0.05) is 12.6 Å². The van der Waals surface area contributed by atoms with Crippen molar-refractivity contribution >= 4 is 45.1 Å². The Morgan fingerprint density at radius 1 is 1.48 bits per heavy atom. The lowest BCUT2D eigenvalue weighted by Gasteiger charge is -2.11. The van der Waals surface area contributed by atoms with Gasteiger partial charge in [0.25, 0.3) is 15.9 Å². The molecule has 1 amide bonds. The summed E-state index contributed by atoms with van der Waals surface area (Å²) in [6, 6.07) is 2.77. The summed E-state index contributed by atoms with van der Waals surface area (Å²) < 4.78 is 62.6. The number of nitrogens with one attached hydrogen (secondary N) is 1. The second-order valence-electron chi connectivity index (χ2n) is 4.64. The largest absolute Gasteiger partial charge is 0.389 e. The number of hydrogen-bond acceptors (Lipinski definition) is 5. The summed E-state index contributed by atoms with van der Waals surface area (Å²) in [5.74, 6) is -1.16. The van der Waals surface area contributed by atoms with Crippen LogP contribution in [0.4, 0.5) is 13.2 Å². The lowest BCUT2D eigenvalue weighted by atomic mass is 10.1. The number of rotatable bonds is 7. The molecule has 0 saturated carbocycles. The molecule has 11 heteroatoms. The molecule has 1 N–H and O–H groups in total. The first-order chi connectivity index (χ1) is 11.5. The number of nitrogens with zero attached hydrogens (tertiary/aromatic N) is 1. The molecule has 0 aliphatic heterocycles. The molecule has 0 saturated heterocycles. The average molecular weight is 415 g/mol. The number of sulfonamides is 1. The van der Waals surface area contributed by atoms with Gasteiger partial charge in [0.1, 0.15) is 9.91 Å². The van der Waals surface area contributed by atoms with Gasteiger partial charge in [-0.05, 0) is 30.4 Å². The normalized spacial score (nSPS) is 13.6. The van der Waals surface area contributed by atoms with Crippen molar-refractivity contribution in [2.45, 2.75) is 30.2 Å². The Bertz CT molecular complexity index is 798. The fraction of sp³-hybridized carbons (Fsp3) is 0.286. The van der Waals surface area contributed by atoms with Crippen molar-refractivity contribution in [3.63, 3.8) is 0 Å². The van der Waals surface area contributed by atoms with Crippen LogP contribution in [-0.2, 0) is 14.8 Å². The number of amides is 1. The summed E-state index contributed by atoms with van der Waals surface area (Å²) in [7, 11) is -4.13. The Hall–Kier alpha value is -1.65. The Balaban J connectivity index is 3.05. The van der Waals surface area contributed by atoms with Gasteiger partial charge in [-0.25, -0.2) is 13.1 Å². The summed E-state index contributed by atoms with van der Waals surface area (Å²) in [5.41, 5.74) is -0.709. The molecule has 0 radical (unpaired) electrons. The van der Waals surface area contributed by atoms with Gasteiger partial charge in [0.15, 0.2) is 0 Å². The molecule has 0 aliphatic carbocycles. The average Bonchev–Trinajstić information content (AvgIpc) is 3.03. The van der Waals surface area contributed by atoms with Crippen LogP contribution in [-0.4, -0.2) is 26.7 Å². The van der Waals surface area contributed by atoms with Gasteiger partial charge in [-0.15, -0.1) is 11.3 Å². The van der Waals surface area contributed by atoms with E-state index in [0.717, 1.165) is 17.6 Å². The minimum atomic E-state index is -4.42. The molecule has 1 heterocycles. The third-order valence-corrected chi connectivity index (χ3v) is 5.86. The zero-order chi connectivity index (χ0) is 19.3. The number of thiophene rings is 1. The Morgan fingerprint density at radius 2 is 2.12 bits per heavy atom. The quantitative estimate of drug-likeness (QED) is 0.416. The van der Waals surface area contributed by atoms with Crippen molar-refractivity contribution in [1.29, 1.82) is 0 Å². The van der Waals surface area contributed by atoms with Crippen LogP contribution in [0.3, 0.4) is 0 Å². The molecule has 0 spiro atoms. The predicted molar refractivity (Wildman–Crippen MR) is 91.1 cm³/mol. The predicted octanol–water partition coefficient (Wildman–Crippen LogP) is 3.99. The number of carbonyl (C=O) groups is 1. The first-order valence-electron chi connectivity index (χ1n) is 6.72. The van der Waals surface area contributed by atoms with E-state index < -0.39 is 45.7 Å². The molecule has 1 aromatic rings. The number of allylic oxidation sites excluding steroid dienone is 2. The molecule has 25 heavy (non-hydrogen) atoms. The van der Waals surface area contributed by atoms with Gasteiger partial charge < -0.3 is 0 Å². The fourth-order valence-corrected chi connectivity index (χ4v) is 3.73. The first-order valence-corrected chi connectivity index (χ1v) is 9.46. The number of hydrogen-bond donors (Lipinski definition) is 1. The molecule has 5 nitrogen and oxygen atoms in total. The van der Waals surface area contributed by atoms with E-state index in [1.807, 2.05) is 0 Å². The maximum atomic E-state index is 12.3. The summed E-state index contributed by atoms with van der Waals surface area (Å²) in [6.07, 6.45) is -4.98. The van der Waals surface area contributed by atoms with E-state index in [-0.39, 0.29) is 9.78 Å². The highest BCUT2D eigenvalue weighted by Crippen LogP contribution is 2.29. The number of halogens is 4. The second kappa shape index (κ2) is 8.63. The molecular formula is C14H14ClF3N2O3S2. The molecule has 0 bridgehead atoms. The maximum absolute atomic E-state index is 12.3. The van der Waals surface area contributed by atoms with Crippen molar-refractivity contribution in [1.82, 2.24) is 4.72 Å². The van der Waals surface area contributed by atoms with Crippen molar-refractivity contribution in [3.8, 4) is 0 Å². The van der Waals surface area contributed by atoms with Gasteiger partial charge in [0.05, 0.1) is 5.03 Å². The highest BCUT2D eigenvalue weighted by Gasteiger charge is 2.28. The molecule has 0 fully saturated rings. The molecule has 1 aromatic heterocycles. The first kappa shape index (κ1) is 21.4. The summed E-state index contributed by atoms with van der Waals surface area (Å²) in [6.45, 7) is 4.83. The van der Waals surface area contributed by atoms with Crippen molar-refractivity contribution < 1.29 is 26.4 Å². The Morgan fingerprint density at radius 3 is 2.60 bits per heavy atom. The minimum absolute atomic E-state index is 0.104. The van der Waals surface area contributed by atoms with Crippen LogP contribution in [0.15, 0.2) is 49.6 Å². The SMILES string of the molecule is C=C(CCC(F)(F)F)/C(Cl)=C(\N=CC)C(=O)NS(=O)(=O)c1cccs1. The minimum Gasteiger partial charge on any atom is -0.266 e. The topological polar surface area (TPSA) is 75.6 Å². The van der Waals surface area contributed by atoms with Crippen LogP contribution >= 0.6 is 22.9 Å². The van der Waals surface area contributed by atoms with Gasteiger partial charge in [-0.2, -0.15) is 13.2 Å². The van der Waals surface area contributed by atoms with Crippen LogP contribution in [0.5, 0.6) is 0 Å². The maximum Gasteiger partial charge on any atom is 0.389 e. The second-order valence-corrected chi connectivity index (χ2v) is 7.87. The van der Waals surface area contributed by atoms with Crippen LogP contribution in [0.25, 0.3) is 0 Å². The van der Waals surface area contributed by atoms with Crippen molar-refractivity contribution in [3.05, 3.63) is 40.4 Å². The zero-order valence-electron chi connectivity index (χ0n) is 12.9. The van der Waals surface area contributed by atoms with E-state index in [4.69, 9.17) is 11.6 Å². The molecular weight excluding hydrogens is 401 g/mol. The number of alkyl halides is 3. The Kier molecular flexibility index (Phi) is 7.39. The van der Waals surface area contributed by atoms with Crippen LogP contribution in [0, 0.1) is 0 Å². The van der Waals surface area contributed by atoms with Gasteiger partial charge in [-0.3, -0.25) is 9.79 Å². The summed E-state index contributed by atoms with van der Waals surface area (Å²) in [4.78, 5) is 15.8. The summed E-state index contributed by atoms with van der Waals surface area (Å²) in [5, 5.41) is 1.08. The van der Waals surface area contributed by atoms with Gasteiger partial charge in [0.2, 0.25) is 0 Å². The van der Waals surface area contributed by atoms with E-state index in [9.17, 15) is 26.4 Å². The molecule has 0 aliphatic rings. The van der Waals surface area contributed by atoms with E-state index in [2.05, 4.69) is 11.6 Å². The van der Waals surface area contributed by atoms with Crippen LogP contribution in [0.1, 0.15) is 19.8 Å². The van der Waals surface area contributed by atoms with Crippen LogP contribution < -0.4 is 4.72 Å². The standard InChI is InChI=1S/C14H14ClF3N2O3S2/c1-3-19-12(11(15)9(2)6-7-14(16,17)18)13(21)20-25(22,23)10-5-4-8-24-10/h3-5,8H,2,6-7H2,1H3,(H,20,21)/b12-11+,19-3?. The van der Waals surface area contributed by atoms with Gasteiger partial charge in [-0.1, -0.05) is 24.2 Å². The molecule has 0 aromatic carbocycles. The van der Waals surface area contributed by atoms with Crippen molar-refractivity contribution in [2.75, 3.05) is 0 Å². The van der Waals surface area contributed by atoms with E-state index in [1.165, 1.54) is 24.4 Å². The fourth-order valence-electron chi connectivity index (χ4n) is 1.55. The summed E-state index contributed by atoms with van der Waals surface area (Å²) >= 11 is 6.79. The third kappa shape index (κ3) is 6.63. The zero-order valence-corrected chi connectivity index (χ0v) is 15.3. The molecule has 138 valence electrons. The molecule has 1 rings (SSSR count). The van der Waals surface area contributed by atoms with Gasteiger partial charge >= 0.3 is 6.18 Å². The lowest BCUT2D eigenvalue weighted by Crippen LogP contribution is -2.31. The highest BCUT2D eigenvalue weighted by atomic mass is 35.5. The molecule has 0 unspecified atom stereocenters. The lowest BCUT2D eigenvalue weighted by molar-refractivity contribution is -0.133.